The third-order valence-corrected chi connectivity index (χ3v) is 2.53. The molecule has 62 valence electrons. The van der Waals surface area contributed by atoms with Gasteiger partial charge in [-0.1, -0.05) is 18.2 Å². The molecule has 0 aliphatic rings. The summed E-state index contributed by atoms with van der Waals surface area (Å²) in [5.41, 5.74) is 0.853. The SMILES string of the molecule is O=[SH](=O)c1c[nH]c2ccccc12. The van der Waals surface area contributed by atoms with Crippen molar-refractivity contribution in [1.82, 2.24) is 4.98 Å². The number of fused-ring (bicyclic) bond motifs is 1. The number of thiol groups is 1. The Morgan fingerprint density at radius 1 is 1.17 bits per heavy atom. The second-order valence-corrected chi connectivity index (χ2v) is 3.47. The zero-order valence-corrected chi connectivity index (χ0v) is 7.04. The van der Waals surface area contributed by atoms with Crippen molar-refractivity contribution in [3.05, 3.63) is 30.5 Å². The highest BCUT2D eigenvalue weighted by atomic mass is 32.2. The van der Waals surface area contributed by atoms with Crippen LogP contribution in [-0.2, 0) is 10.7 Å². The number of benzene rings is 1. The van der Waals surface area contributed by atoms with Crippen molar-refractivity contribution < 1.29 is 8.42 Å². The zero-order valence-electron chi connectivity index (χ0n) is 6.15. The molecule has 0 atom stereocenters. The lowest BCUT2D eigenvalue weighted by atomic mass is 10.2. The third-order valence-electron chi connectivity index (χ3n) is 1.76. The summed E-state index contributed by atoms with van der Waals surface area (Å²) in [7, 11) is -2.49. The van der Waals surface area contributed by atoms with E-state index in [0.717, 1.165) is 10.9 Å². The number of aromatic nitrogens is 1. The predicted octanol–water partition coefficient (Wildman–Crippen LogP) is 1.14. The van der Waals surface area contributed by atoms with Crippen LogP contribution in [0.15, 0.2) is 35.4 Å². The molecule has 12 heavy (non-hydrogen) atoms. The standard InChI is InChI=1S/C8H7NO2S/c10-12(11)8-5-9-7-4-2-1-3-6(7)8/h1-5,9,12H. The van der Waals surface area contributed by atoms with Gasteiger partial charge in [-0.2, -0.15) is 0 Å². The Balaban J connectivity index is 2.87. The van der Waals surface area contributed by atoms with Crippen molar-refractivity contribution in [2.24, 2.45) is 0 Å². The van der Waals surface area contributed by atoms with E-state index in [4.69, 9.17) is 0 Å². The molecule has 0 radical (unpaired) electrons. The van der Waals surface area contributed by atoms with Crippen molar-refractivity contribution >= 4 is 21.6 Å². The first kappa shape index (κ1) is 7.36. The fourth-order valence-electron chi connectivity index (χ4n) is 1.21. The summed E-state index contributed by atoms with van der Waals surface area (Å²) in [4.78, 5) is 3.25. The first-order chi connectivity index (χ1) is 5.79. The molecule has 0 spiro atoms. The summed E-state index contributed by atoms with van der Waals surface area (Å²) >= 11 is 0. The summed E-state index contributed by atoms with van der Waals surface area (Å²) in [5.74, 6) is 0. The number of para-hydroxylation sites is 1. The lowest BCUT2D eigenvalue weighted by Gasteiger charge is -1.86. The number of nitrogens with one attached hydrogen (secondary N) is 1. The molecular formula is C8H7NO2S. The molecule has 0 aliphatic carbocycles. The van der Waals surface area contributed by atoms with Crippen LogP contribution in [0.1, 0.15) is 0 Å². The van der Waals surface area contributed by atoms with Gasteiger partial charge in [0.15, 0.2) is 10.7 Å². The van der Waals surface area contributed by atoms with E-state index >= 15 is 0 Å². The van der Waals surface area contributed by atoms with Crippen LogP contribution < -0.4 is 0 Å². The minimum Gasteiger partial charge on any atom is -0.360 e. The number of hydrogen-bond acceptors (Lipinski definition) is 2. The van der Waals surface area contributed by atoms with Crippen molar-refractivity contribution in [1.29, 1.82) is 0 Å². The molecule has 3 nitrogen and oxygen atoms in total. The lowest BCUT2D eigenvalue weighted by molar-refractivity contribution is 0.615. The molecule has 1 aromatic heterocycles. The van der Waals surface area contributed by atoms with Crippen molar-refractivity contribution in [3.63, 3.8) is 0 Å². The Hall–Kier alpha value is -1.29. The van der Waals surface area contributed by atoms with Crippen LogP contribution in [0.25, 0.3) is 10.9 Å². The highest BCUT2D eigenvalue weighted by Crippen LogP contribution is 2.17. The maximum Gasteiger partial charge on any atom is 0.170 e. The second-order valence-electron chi connectivity index (χ2n) is 2.48. The normalized spacial score (nSPS) is 11.1. The van der Waals surface area contributed by atoms with Crippen LogP contribution in [0.4, 0.5) is 0 Å². The van der Waals surface area contributed by atoms with Gasteiger partial charge in [0.05, 0.1) is 4.90 Å². The molecule has 0 saturated carbocycles. The van der Waals surface area contributed by atoms with Gasteiger partial charge in [-0.25, -0.2) is 8.42 Å². The van der Waals surface area contributed by atoms with E-state index in [1.54, 1.807) is 6.07 Å². The van der Waals surface area contributed by atoms with E-state index in [1.807, 2.05) is 18.2 Å². The van der Waals surface area contributed by atoms with E-state index in [-0.39, 0.29) is 0 Å². The van der Waals surface area contributed by atoms with E-state index < -0.39 is 10.7 Å². The summed E-state index contributed by atoms with van der Waals surface area (Å²) in [6.07, 6.45) is 1.51. The Bertz CT molecular complexity index is 477. The Kier molecular flexibility index (Phi) is 1.62. The molecule has 0 saturated heterocycles. The van der Waals surface area contributed by atoms with Crippen molar-refractivity contribution in [2.45, 2.75) is 4.90 Å². The molecule has 2 aromatic rings. The van der Waals surface area contributed by atoms with Crippen LogP contribution in [0, 0.1) is 0 Å². The monoisotopic (exact) mass is 181 g/mol. The molecule has 0 aliphatic heterocycles. The third kappa shape index (κ3) is 1.00. The quantitative estimate of drug-likeness (QED) is 0.648. The largest absolute Gasteiger partial charge is 0.360 e. The van der Waals surface area contributed by atoms with Gasteiger partial charge in [-0.15, -0.1) is 0 Å². The summed E-state index contributed by atoms with van der Waals surface area (Å²) in [5, 5.41) is 0.758. The first-order valence-electron chi connectivity index (χ1n) is 3.49. The molecule has 4 heteroatoms. The van der Waals surface area contributed by atoms with Gasteiger partial charge >= 0.3 is 0 Å². The van der Waals surface area contributed by atoms with Crippen LogP contribution in [-0.4, -0.2) is 13.4 Å². The molecule has 1 aromatic carbocycles. The van der Waals surface area contributed by atoms with Crippen molar-refractivity contribution in [3.8, 4) is 0 Å². The molecule has 0 bridgehead atoms. The maximum absolute atomic E-state index is 10.7. The molecule has 0 unspecified atom stereocenters. The van der Waals surface area contributed by atoms with Gasteiger partial charge in [0.25, 0.3) is 0 Å². The average Bonchev–Trinajstić information content (AvgIpc) is 2.47. The first-order valence-corrected chi connectivity index (χ1v) is 4.67. The number of H-pyrrole nitrogens is 1. The number of rotatable bonds is 1. The minimum absolute atomic E-state index is 0.362. The summed E-state index contributed by atoms with van der Waals surface area (Å²) in [6, 6.07) is 7.31. The minimum atomic E-state index is -2.49. The predicted molar refractivity (Wildman–Crippen MR) is 46.9 cm³/mol. The molecular weight excluding hydrogens is 174 g/mol. The zero-order chi connectivity index (χ0) is 8.55. The van der Waals surface area contributed by atoms with E-state index in [0.29, 0.717) is 4.90 Å². The lowest BCUT2D eigenvalue weighted by Crippen LogP contribution is -1.74. The highest BCUT2D eigenvalue weighted by molar-refractivity contribution is 7.72. The van der Waals surface area contributed by atoms with Gasteiger partial charge < -0.3 is 4.98 Å². The fraction of sp³-hybridized carbons (Fsp3) is 0. The van der Waals surface area contributed by atoms with E-state index in [2.05, 4.69) is 4.98 Å². The fourth-order valence-corrected chi connectivity index (χ4v) is 1.77. The number of aromatic amines is 1. The van der Waals surface area contributed by atoms with Gasteiger partial charge in [0.2, 0.25) is 0 Å². The average molecular weight is 181 g/mol. The van der Waals surface area contributed by atoms with Gasteiger partial charge in [-0.3, -0.25) is 0 Å². The molecule has 0 fully saturated rings. The Morgan fingerprint density at radius 2 is 1.92 bits per heavy atom. The molecule has 1 N–H and O–H groups in total. The highest BCUT2D eigenvalue weighted by Gasteiger charge is 2.02. The van der Waals surface area contributed by atoms with Gasteiger partial charge in [0.1, 0.15) is 0 Å². The van der Waals surface area contributed by atoms with E-state index in [1.165, 1.54) is 6.20 Å². The topological polar surface area (TPSA) is 49.9 Å². The summed E-state index contributed by atoms with van der Waals surface area (Å²) < 4.78 is 21.4. The van der Waals surface area contributed by atoms with Crippen LogP contribution in [0.3, 0.4) is 0 Å². The Morgan fingerprint density at radius 3 is 2.67 bits per heavy atom. The van der Waals surface area contributed by atoms with Gasteiger partial charge in [0, 0.05) is 17.1 Å². The molecule has 1 heterocycles. The molecule has 2 rings (SSSR count). The molecule has 0 amide bonds. The van der Waals surface area contributed by atoms with Crippen LogP contribution in [0.2, 0.25) is 0 Å². The summed E-state index contributed by atoms with van der Waals surface area (Å²) in [6.45, 7) is 0. The van der Waals surface area contributed by atoms with Crippen molar-refractivity contribution in [2.75, 3.05) is 0 Å². The van der Waals surface area contributed by atoms with Crippen LogP contribution >= 0.6 is 0 Å². The van der Waals surface area contributed by atoms with E-state index in [9.17, 15) is 8.42 Å². The van der Waals surface area contributed by atoms with Gasteiger partial charge in [-0.05, 0) is 6.07 Å². The van der Waals surface area contributed by atoms with Crippen LogP contribution in [0.5, 0.6) is 0 Å². The smallest absolute Gasteiger partial charge is 0.170 e. The second kappa shape index (κ2) is 2.64. The number of hydrogen-bond donors (Lipinski definition) is 2. The maximum atomic E-state index is 10.7. The Labute approximate surface area is 71.0 Å².